The van der Waals surface area contributed by atoms with Crippen molar-refractivity contribution in [2.45, 2.75) is 32.0 Å². The molecule has 0 aromatic heterocycles. The fraction of sp³-hybridized carbons (Fsp3) is 0.467. The zero-order valence-corrected chi connectivity index (χ0v) is 12.3. The molecule has 1 N–H and O–H groups in total. The van der Waals surface area contributed by atoms with Crippen LogP contribution in [-0.2, 0) is 15.7 Å². The molecule has 0 bridgehead atoms. The van der Waals surface area contributed by atoms with Crippen molar-refractivity contribution in [3.8, 4) is 0 Å². The Kier molecular flexibility index (Phi) is 3.69. The van der Waals surface area contributed by atoms with E-state index in [-0.39, 0.29) is 29.7 Å². The quantitative estimate of drug-likeness (QED) is 0.925. The number of hydrogen-bond acceptors (Lipinski definition) is 3. The van der Waals surface area contributed by atoms with Crippen LogP contribution in [0.3, 0.4) is 0 Å². The monoisotopic (exact) mass is 328 g/mol. The summed E-state index contributed by atoms with van der Waals surface area (Å²) in [5.41, 5.74) is -1.17. The second-order valence-electron chi connectivity index (χ2n) is 5.80. The molecule has 1 atom stereocenters. The molecule has 124 valence electrons. The summed E-state index contributed by atoms with van der Waals surface area (Å²) in [5, 5.41) is 2.48. The van der Waals surface area contributed by atoms with Gasteiger partial charge in [-0.1, -0.05) is 0 Å². The van der Waals surface area contributed by atoms with E-state index < -0.39 is 23.9 Å². The Balaban J connectivity index is 1.92. The maximum atomic E-state index is 13.3. The van der Waals surface area contributed by atoms with E-state index in [4.69, 9.17) is 4.74 Å². The molecule has 1 aliphatic carbocycles. The normalized spacial score (nSPS) is 21.3. The molecule has 0 spiro atoms. The Hall–Kier alpha value is -2.25. The number of rotatable bonds is 3. The first kappa shape index (κ1) is 15.6. The van der Waals surface area contributed by atoms with Crippen LogP contribution >= 0.6 is 0 Å². The van der Waals surface area contributed by atoms with Gasteiger partial charge in [0.25, 0.3) is 0 Å². The van der Waals surface area contributed by atoms with E-state index in [1.807, 2.05) is 0 Å². The number of ether oxygens (including phenoxy) is 1. The Morgan fingerprint density at radius 3 is 2.57 bits per heavy atom. The SMILES string of the molecule is CC1CN(c2ccc(NC(=O)C3CC3)cc2C(F)(F)F)C(=O)O1. The van der Waals surface area contributed by atoms with Crippen LogP contribution in [0.15, 0.2) is 18.2 Å². The van der Waals surface area contributed by atoms with Crippen LogP contribution in [0.25, 0.3) is 0 Å². The van der Waals surface area contributed by atoms with Gasteiger partial charge in [-0.15, -0.1) is 0 Å². The highest BCUT2D eigenvalue weighted by Crippen LogP contribution is 2.40. The molecule has 23 heavy (non-hydrogen) atoms. The molecule has 1 saturated carbocycles. The molecule has 1 aliphatic heterocycles. The van der Waals surface area contributed by atoms with Crippen LogP contribution in [0.4, 0.5) is 29.3 Å². The second-order valence-corrected chi connectivity index (χ2v) is 5.80. The molecular formula is C15H15F3N2O3. The highest BCUT2D eigenvalue weighted by molar-refractivity contribution is 5.95. The Morgan fingerprint density at radius 2 is 2.04 bits per heavy atom. The van der Waals surface area contributed by atoms with Gasteiger partial charge in [-0.25, -0.2) is 4.79 Å². The standard InChI is InChI=1S/C15H15F3N2O3/c1-8-7-20(14(22)23-8)12-5-4-10(6-11(12)15(16,17)18)19-13(21)9-2-3-9/h4-6,8-9H,2-3,7H2,1H3,(H,19,21). The van der Waals surface area contributed by atoms with Gasteiger partial charge in [0.15, 0.2) is 0 Å². The molecule has 3 rings (SSSR count). The van der Waals surface area contributed by atoms with Gasteiger partial charge in [0.1, 0.15) is 6.10 Å². The van der Waals surface area contributed by atoms with Crippen LogP contribution in [0, 0.1) is 5.92 Å². The summed E-state index contributed by atoms with van der Waals surface area (Å²) in [5.74, 6) is -0.390. The van der Waals surface area contributed by atoms with Crippen molar-refractivity contribution in [2.24, 2.45) is 5.92 Å². The number of nitrogens with zero attached hydrogens (tertiary/aromatic N) is 1. The van der Waals surface area contributed by atoms with Crippen molar-refractivity contribution in [3.05, 3.63) is 23.8 Å². The van der Waals surface area contributed by atoms with E-state index in [9.17, 15) is 22.8 Å². The zero-order chi connectivity index (χ0) is 16.8. The lowest BCUT2D eigenvalue weighted by Gasteiger charge is -2.20. The number of benzene rings is 1. The molecule has 2 amide bonds. The van der Waals surface area contributed by atoms with E-state index in [2.05, 4.69) is 5.32 Å². The largest absolute Gasteiger partial charge is 0.444 e. The maximum absolute atomic E-state index is 13.3. The molecular weight excluding hydrogens is 313 g/mol. The number of amides is 2. The van der Waals surface area contributed by atoms with Crippen molar-refractivity contribution < 1.29 is 27.5 Å². The summed E-state index contributed by atoms with van der Waals surface area (Å²) in [6.07, 6.45) is -4.42. The van der Waals surface area contributed by atoms with E-state index in [0.29, 0.717) is 0 Å². The minimum Gasteiger partial charge on any atom is -0.444 e. The Morgan fingerprint density at radius 1 is 1.35 bits per heavy atom. The molecule has 1 unspecified atom stereocenters. The van der Waals surface area contributed by atoms with E-state index in [1.54, 1.807) is 6.92 Å². The van der Waals surface area contributed by atoms with Gasteiger partial charge in [0, 0.05) is 11.6 Å². The topological polar surface area (TPSA) is 58.6 Å². The van der Waals surface area contributed by atoms with E-state index >= 15 is 0 Å². The van der Waals surface area contributed by atoms with Crippen LogP contribution < -0.4 is 10.2 Å². The van der Waals surface area contributed by atoms with Gasteiger partial charge >= 0.3 is 12.3 Å². The van der Waals surface area contributed by atoms with Crippen LogP contribution in [-0.4, -0.2) is 24.6 Å². The highest BCUT2D eigenvalue weighted by Gasteiger charge is 2.39. The van der Waals surface area contributed by atoms with E-state index in [1.165, 1.54) is 12.1 Å². The third kappa shape index (κ3) is 3.25. The van der Waals surface area contributed by atoms with Gasteiger partial charge in [0.2, 0.25) is 5.91 Å². The first-order valence-electron chi connectivity index (χ1n) is 7.26. The lowest BCUT2D eigenvalue weighted by molar-refractivity contribution is -0.137. The van der Waals surface area contributed by atoms with E-state index in [0.717, 1.165) is 23.8 Å². The van der Waals surface area contributed by atoms with Crippen LogP contribution in [0.1, 0.15) is 25.3 Å². The maximum Gasteiger partial charge on any atom is 0.418 e. The average molecular weight is 328 g/mol. The number of nitrogens with one attached hydrogen (secondary N) is 1. The zero-order valence-electron chi connectivity index (χ0n) is 12.3. The number of cyclic esters (lactones) is 1. The Labute approximate surface area is 130 Å². The van der Waals surface area contributed by atoms with Gasteiger partial charge in [-0.3, -0.25) is 9.69 Å². The summed E-state index contributed by atoms with van der Waals surface area (Å²) in [6, 6.07) is 3.40. The minimum atomic E-state index is -4.65. The third-order valence-corrected chi connectivity index (χ3v) is 3.77. The number of hydrogen-bond donors (Lipinski definition) is 1. The lowest BCUT2D eigenvalue weighted by Crippen LogP contribution is -2.27. The fourth-order valence-electron chi connectivity index (χ4n) is 2.47. The summed E-state index contributed by atoms with van der Waals surface area (Å²) in [7, 11) is 0. The summed E-state index contributed by atoms with van der Waals surface area (Å²) in [4.78, 5) is 24.3. The molecule has 8 heteroatoms. The number of anilines is 2. The highest BCUT2D eigenvalue weighted by atomic mass is 19.4. The van der Waals surface area contributed by atoms with Gasteiger partial charge in [0.05, 0.1) is 17.8 Å². The summed E-state index contributed by atoms with van der Waals surface area (Å²) in [6.45, 7) is 1.66. The molecule has 0 radical (unpaired) electrons. The first-order valence-corrected chi connectivity index (χ1v) is 7.26. The smallest absolute Gasteiger partial charge is 0.418 e. The van der Waals surface area contributed by atoms with Crippen molar-refractivity contribution in [1.82, 2.24) is 0 Å². The summed E-state index contributed by atoms with van der Waals surface area (Å²) < 4.78 is 44.8. The number of halogens is 3. The molecule has 1 heterocycles. The molecule has 1 saturated heterocycles. The molecule has 2 fully saturated rings. The minimum absolute atomic E-state index is 0.0513. The van der Waals surface area contributed by atoms with Crippen molar-refractivity contribution >= 4 is 23.4 Å². The molecule has 5 nitrogen and oxygen atoms in total. The third-order valence-electron chi connectivity index (χ3n) is 3.77. The van der Waals surface area contributed by atoms with Gasteiger partial charge in [-0.05, 0) is 38.0 Å². The van der Waals surface area contributed by atoms with Crippen molar-refractivity contribution in [3.63, 3.8) is 0 Å². The fourth-order valence-corrected chi connectivity index (χ4v) is 2.47. The number of alkyl halides is 3. The number of carbonyl (C=O) groups excluding carboxylic acids is 2. The first-order chi connectivity index (χ1) is 10.8. The second kappa shape index (κ2) is 5.43. The molecule has 1 aromatic carbocycles. The predicted octanol–water partition coefficient (Wildman–Crippen LogP) is 3.40. The van der Waals surface area contributed by atoms with Crippen molar-refractivity contribution in [2.75, 3.05) is 16.8 Å². The lowest BCUT2D eigenvalue weighted by atomic mass is 10.1. The van der Waals surface area contributed by atoms with Crippen LogP contribution in [0.5, 0.6) is 0 Å². The van der Waals surface area contributed by atoms with Crippen LogP contribution in [0.2, 0.25) is 0 Å². The van der Waals surface area contributed by atoms with Gasteiger partial charge < -0.3 is 10.1 Å². The summed E-state index contributed by atoms with van der Waals surface area (Å²) >= 11 is 0. The average Bonchev–Trinajstić information content (AvgIpc) is 3.24. The number of carbonyl (C=O) groups is 2. The predicted molar refractivity (Wildman–Crippen MR) is 76.1 cm³/mol. The molecule has 2 aliphatic rings. The Bertz CT molecular complexity index is 656. The molecule has 1 aromatic rings. The van der Waals surface area contributed by atoms with Crippen molar-refractivity contribution in [1.29, 1.82) is 0 Å². The van der Waals surface area contributed by atoms with Gasteiger partial charge in [-0.2, -0.15) is 13.2 Å².